The van der Waals surface area contributed by atoms with Gasteiger partial charge in [0.1, 0.15) is 17.2 Å². The Morgan fingerprint density at radius 3 is 2.55 bits per heavy atom. The molecule has 1 aromatic carbocycles. The monoisotopic (exact) mass is 263 g/mol. The molecule has 100 valence electrons. The minimum absolute atomic E-state index is 0.711. The van der Waals surface area contributed by atoms with Crippen molar-refractivity contribution in [2.45, 2.75) is 25.7 Å². The number of nitrogens with two attached hydrogens (primary N) is 1. The van der Waals surface area contributed by atoms with Gasteiger partial charge < -0.3 is 5.73 Å². The summed E-state index contributed by atoms with van der Waals surface area (Å²) in [4.78, 5) is 4.71. The van der Waals surface area contributed by atoms with Gasteiger partial charge >= 0.3 is 0 Å². The van der Waals surface area contributed by atoms with E-state index in [1.165, 1.54) is 18.4 Å². The van der Waals surface area contributed by atoms with Gasteiger partial charge in [0.15, 0.2) is 0 Å². The fourth-order valence-electron chi connectivity index (χ4n) is 2.76. The van der Waals surface area contributed by atoms with Gasteiger partial charge in [0.25, 0.3) is 0 Å². The molecule has 1 saturated carbocycles. The highest BCUT2D eigenvalue weighted by Gasteiger charge is 2.23. The zero-order chi connectivity index (χ0) is 13.7. The number of fused-ring (bicyclic) bond motifs is 1. The van der Waals surface area contributed by atoms with Gasteiger partial charge in [0, 0.05) is 11.8 Å². The molecule has 0 unspecified atom stereocenters. The predicted molar refractivity (Wildman–Crippen MR) is 81.8 cm³/mol. The number of aromatic nitrogens is 2. The van der Waals surface area contributed by atoms with Crippen LogP contribution in [0.1, 0.15) is 29.9 Å². The lowest BCUT2D eigenvalue weighted by Gasteiger charge is -2.02. The number of imidazole rings is 1. The number of pyridine rings is 1. The third-order valence-electron chi connectivity index (χ3n) is 4.11. The van der Waals surface area contributed by atoms with Crippen molar-refractivity contribution in [3.8, 4) is 11.3 Å². The molecule has 2 heterocycles. The summed E-state index contributed by atoms with van der Waals surface area (Å²) < 4.78 is 1.96. The maximum atomic E-state index is 6.25. The van der Waals surface area contributed by atoms with Gasteiger partial charge in [-0.1, -0.05) is 30.3 Å². The third kappa shape index (κ3) is 1.70. The summed E-state index contributed by atoms with van der Waals surface area (Å²) in [5, 5.41) is 0. The first kappa shape index (κ1) is 11.5. The normalized spacial score (nSPS) is 14.8. The smallest absolute Gasteiger partial charge is 0.142 e. The molecule has 4 rings (SSSR count). The number of hydrogen-bond acceptors (Lipinski definition) is 2. The second-order valence-corrected chi connectivity index (χ2v) is 5.63. The van der Waals surface area contributed by atoms with E-state index in [1.54, 1.807) is 0 Å². The van der Waals surface area contributed by atoms with Crippen molar-refractivity contribution in [2.24, 2.45) is 0 Å². The molecule has 0 radical (unpaired) electrons. The molecule has 3 aromatic rings. The van der Waals surface area contributed by atoms with Crippen LogP contribution in [0.2, 0.25) is 0 Å². The molecule has 0 saturated heterocycles. The number of nitrogens with zero attached hydrogens (tertiary/aromatic N) is 2. The van der Waals surface area contributed by atoms with E-state index >= 15 is 0 Å². The minimum atomic E-state index is 0.711. The zero-order valence-corrected chi connectivity index (χ0v) is 11.5. The number of nitrogen functional groups attached to an aromatic ring is 1. The van der Waals surface area contributed by atoms with E-state index < -0.39 is 0 Å². The Morgan fingerprint density at radius 1 is 1.15 bits per heavy atom. The van der Waals surface area contributed by atoms with Gasteiger partial charge in [-0.05, 0) is 42.9 Å². The topological polar surface area (TPSA) is 43.3 Å². The SMILES string of the molecule is Cc1cccn2c(N)c(-c3ccc(C4CC4)cc3)nc12. The number of anilines is 1. The second-order valence-electron chi connectivity index (χ2n) is 5.63. The molecule has 0 spiro atoms. The molecule has 1 fully saturated rings. The first-order chi connectivity index (χ1) is 9.74. The third-order valence-corrected chi connectivity index (χ3v) is 4.11. The molecule has 20 heavy (non-hydrogen) atoms. The van der Waals surface area contributed by atoms with Crippen molar-refractivity contribution < 1.29 is 0 Å². The second kappa shape index (κ2) is 4.10. The molecular weight excluding hydrogens is 246 g/mol. The molecule has 0 aliphatic heterocycles. The Balaban J connectivity index is 1.84. The first-order valence-corrected chi connectivity index (χ1v) is 7.07. The van der Waals surface area contributed by atoms with Gasteiger partial charge in [0.2, 0.25) is 0 Å². The van der Waals surface area contributed by atoms with Gasteiger partial charge in [-0.25, -0.2) is 4.98 Å². The molecule has 2 aromatic heterocycles. The Bertz CT molecular complexity index is 780. The number of aryl methyl sites for hydroxylation is 1. The molecule has 1 aliphatic carbocycles. The molecule has 2 N–H and O–H groups in total. The molecular formula is C17H17N3. The Labute approximate surface area is 118 Å². The Morgan fingerprint density at radius 2 is 1.90 bits per heavy atom. The Hall–Kier alpha value is -2.29. The average molecular weight is 263 g/mol. The summed E-state index contributed by atoms with van der Waals surface area (Å²) in [5.74, 6) is 1.49. The largest absolute Gasteiger partial charge is 0.383 e. The maximum Gasteiger partial charge on any atom is 0.142 e. The molecule has 1 aliphatic rings. The molecule has 3 heteroatoms. The average Bonchev–Trinajstić information content (AvgIpc) is 3.25. The lowest BCUT2D eigenvalue weighted by atomic mass is 10.1. The quantitative estimate of drug-likeness (QED) is 0.764. The van der Waals surface area contributed by atoms with E-state index in [0.717, 1.165) is 28.4 Å². The lowest BCUT2D eigenvalue weighted by Crippen LogP contribution is -1.94. The van der Waals surface area contributed by atoms with Crippen molar-refractivity contribution in [1.82, 2.24) is 9.38 Å². The molecule has 0 atom stereocenters. The van der Waals surface area contributed by atoms with E-state index in [4.69, 9.17) is 10.7 Å². The number of rotatable bonds is 2. The van der Waals surface area contributed by atoms with Crippen LogP contribution in [0.25, 0.3) is 16.9 Å². The van der Waals surface area contributed by atoms with E-state index in [-0.39, 0.29) is 0 Å². The molecule has 0 bridgehead atoms. The summed E-state index contributed by atoms with van der Waals surface area (Å²) in [6.07, 6.45) is 4.62. The summed E-state index contributed by atoms with van der Waals surface area (Å²) >= 11 is 0. The standard InChI is InChI=1S/C17H17N3/c1-11-3-2-10-20-16(18)15(19-17(11)20)14-8-6-13(7-9-14)12-4-5-12/h2-3,6-10,12H,4-5,18H2,1H3. The highest BCUT2D eigenvalue weighted by molar-refractivity contribution is 5.76. The van der Waals surface area contributed by atoms with E-state index in [9.17, 15) is 0 Å². The fraction of sp³-hybridized carbons (Fsp3) is 0.235. The van der Waals surface area contributed by atoms with Crippen molar-refractivity contribution in [3.05, 3.63) is 53.7 Å². The van der Waals surface area contributed by atoms with Crippen LogP contribution in [0, 0.1) is 6.92 Å². The highest BCUT2D eigenvalue weighted by atomic mass is 15.1. The van der Waals surface area contributed by atoms with Crippen LogP contribution in [0.3, 0.4) is 0 Å². The summed E-state index contributed by atoms with van der Waals surface area (Å²) in [5.41, 5.74) is 11.7. The van der Waals surface area contributed by atoms with Gasteiger partial charge in [-0.3, -0.25) is 4.40 Å². The first-order valence-electron chi connectivity index (χ1n) is 7.07. The van der Waals surface area contributed by atoms with Gasteiger partial charge in [0.05, 0.1) is 0 Å². The van der Waals surface area contributed by atoms with Crippen LogP contribution in [-0.4, -0.2) is 9.38 Å². The lowest BCUT2D eigenvalue weighted by molar-refractivity contribution is 1.13. The van der Waals surface area contributed by atoms with Gasteiger partial charge in [-0.2, -0.15) is 0 Å². The molecule has 3 nitrogen and oxygen atoms in total. The maximum absolute atomic E-state index is 6.25. The van der Waals surface area contributed by atoms with Crippen LogP contribution in [-0.2, 0) is 0 Å². The van der Waals surface area contributed by atoms with Crippen LogP contribution >= 0.6 is 0 Å². The zero-order valence-electron chi connectivity index (χ0n) is 11.5. The summed E-state index contributed by atoms with van der Waals surface area (Å²) in [6, 6.07) is 12.8. The fourth-order valence-corrected chi connectivity index (χ4v) is 2.76. The van der Waals surface area contributed by atoms with Crippen molar-refractivity contribution in [2.75, 3.05) is 5.73 Å². The van der Waals surface area contributed by atoms with E-state index in [1.807, 2.05) is 16.7 Å². The molecule has 0 amide bonds. The van der Waals surface area contributed by atoms with E-state index in [2.05, 4.69) is 37.3 Å². The summed E-state index contributed by atoms with van der Waals surface area (Å²) in [7, 11) is 0. The van der Waals surface area contributed by atoms with E-state index in [0.29, 0.717) is 5.82 Å². The number of hydrogen-bond donors (Lipinski definition) is 1. The van der Waals surface area contributed by atoms with Crippen molar-refractivity contribution >= 4 is 11.5 Å². The van der Waals surface area contributed by atoms with Crippen LogP contribution in [0.5, 0.6) is 0 Å². The highest BCUT2D eigenvalue weighted by Crippen LogP contribution is 2.40. The minimum Gasteiger partial charge on any atom is -0.383 e. The number of benzene rings is 1. The van der Waals surface area contributed by atoms with Crippen molar-refractivity contribution in [1.29, 1.82) is 0 Å². The predicted octanol–water partition coefficient (Wildman–Crippen LogP) is 3.77. The van der Waals surface area contributed by atoms with Crippen LogP contribution in [0.4, 0.5) is 5.82 Å². The van der Waals surface area contributed by atoms with Crippen LogP contribution < -0.4 is 5.73 Å². The van der Waals surface area contributed by atoms with Gasteiger partial charge in [-0.15, -0.1) is 0 Å². The summed E-state index contributed by atoms with van der Waals surface area (Å²) in [6.45, 7) is 2.06. The van der Waals surface area contributed by atoms with Crippen LogP contribution in [0.15, 0.2) is 42.6 Å². The van der Waals surface area contributed by atoms with Crippen molar-refractivity contribution in [3.63, 3.8) is 0 Å². The Kier molecular flexibility index (Phi) is 2.36.